The summed E-state index contributed by atoms with van der Waals surface area (Å²) in [7, 11) is -3.17. The predicted octanol–water partition coefficient (Wildman–Crippen LogP) is 0.975. The highest BCUT2D eigenvalue weighted by Gasteiger charge is 2.28. The summed E-state index contributed by atoms with van der Waals surface area (Å²) >= 11 is 0. The Bertz CT molecular complexity index is 802. The van der Waals surface area contributed by atoms with Crippen molar-refractivity contribution in [2.75, 3.05) is 55.7 Å². The minimum Gasteiger partial charge on any atom is -0.368 e. The highest BCUT2D eigenvalue weighted by Crippen LogP contribution is 2.21. The van der Waals surface area contributed by atoms with Crippen molar-refractivity contribution < 1.29 is 13.2 Å². The lowest BCUT2D eigenvalue weighted by Crippen LogP contribution is -2.43. The van der Waals surface area contributed by atoms with E-state index in [1.165, 1.54) is 29.8 Å². The third-order valence-electron chi connectivity index (χ3n) is 5.53. The molecule has 0 spiro atoms. The number of anilines is 2. The smallest absolute Gasteiger partial charge is 0.223 e. The van der Waals surface area contributed by atoms with Gasteiger partial charge in [0.05, 0.1) is 6.26 Å². The number of sulfonamides is 1. The van der Waals surface area contributed by atoms with Crippen molar-refractivity contribution in [2.24, 2.45) is 5.92 Å². The first-order chi connectivity index (χ1) is 13.8. The maximum absolute atomic E-state index is 12.3. The number of piperidine rings is 2. The Labute approximate surface area is 173 Å². The summed E-state index contributed by atoms with van der Waals surface area (Å²) in [6.07, 6.45) is 6.01. The average Bonchev–Trinajstić information content (AvgIpc) is 2.71. The van der Waals surface area contributed by atoms with Crippen LogP contribution in [0, 0.1) is 12.8 Å². The molecule has 10 heteroatoms. The summed E-state index contributed by atoms with van der Waals surface area (Å²) in [6, 6.07) is 1.97. The van der Waals surface area contributed by atoms with Crippen LogP contribution in [0.1, 0.15) is 37.9 Å². The van der Waals surface area contributed by atoms with Crippen LogP contribution in [-0.2, 0) is 14.8 Å². The van der Waals surface area contributed by atoms with E-state index >= 15 is 0 Å². The van der Waals surface area contributed by atoms with Crippen LogP contribution in [0.4, 0.5) is 11.6 Å². The zero-order chi connectivity index (χ0) is 20.9. The lowest BCUT2D eigenvalue weighted by molar-refractivity contribution is -0.126. The molecule has 1 aromatic heterocycles. The summed E-state index contributed by atoms with van der Waals surface area (Å²) in [5.74, 6) is 2.33. The highest BCUT2D eigenvalue weighted by molar-refractivity contribution is 7.88. The molecule has 1 aromatic rings. The minimum atomic E-state index is -3.17. The van der Waals surface area contributed by atoms with Crippen LogP contribution in [-0.4, -0.2) is 74.1 Å². The number of rotatable bonds is 7. The molecule has 0 radical (unpaired) electrons. The molecule has 9 nitrogen and oxygen atoms in total. The molecule has 0 aliphatic carbocycles. The molecule has 0 unspecified atom stereocenters. The molecule has 0 atom stereocenters. The second kappa shape index (κ2) is 9.71. The number of hydrogen-bond donors (Lipinski definition) is 2. The fourth-order valence-electron chi connectivity index (χ4n) is 3.90. The number of amides is 1. The second-order valence-corrected chi connectivity index (χ2v) is 9.84. The normalized spacial score (nSPS) is 19.2. The van der Waals surface area contributed by atoms with E-state index in [0.717, 1.165) is 30.5 Å². The molecule has 2 saturated heterocycles. The fraction of sp³-hybridized carbons (Fsp3) is 0.737. The molecule has 2 aliphatic rings. The van der Waals surface area contributed by atoms with Gasteiger partial charge < -0.3 is 15.5 Å². The summed E-state index contributed by atoms with van der Waals surface area (Å²) in [5.41, 5.74) is 0. The number of hydrogen-bond acceptors (Lipinski definition) is 7. The van der Waals surface area contributed by atoms with Crippen LogP contribution in [0.2, 0.25) is 0 Å². The maximum atomic E-state index is 12.3. The number of carbonyl (C=O) groups is 1. The summed E-state index contributed by atoms with van der Waals surface area (Å²) in [4.78, 5) is 23.6. The Morgan fingerprint density at radius 2 is 1.79 bits per heavy atom. The standard InChI is InChI=1S/C19H32N6O3S/c1-15-22-17(14-18(23-15)24-10-4-3-5-11-24)20-8-9-21-19(26)16-6-12-25(13-7-16)29(2,27)28/h14,16H,3-13H2,1-2H3,(H,21,26)(H,20,22,23). The Morgan fingerprint density at radius 3 is 2.45 bits per heavy atom. The molecule has 0 bridgehead atoms. The van der Waals surface area contributed by atoms with Gasteiger partial charge in [-0.1, -0.05) is 0 Å². The van der Waals surface area contributed by atoms with Gasteiger partial charge >= 0.3 is 0 Å². The number of nitrogens with zero attached hydrogens (tertiary/aromatic N) is 4. The first kappa shape index (κ1) is 21.8. The van der Waals surface area contributed by atoms with Crippen molar-refractivity contribution in [1.82, 2.24) is 19.6 Å². The lowest BCUT2D eigenvalue weighted by atomic mass is 9.97. The SMILES string of the molecule is Cc1nc(NCCNC(=O)C2CCN(S(C)(=O)=O)CC2)cc(N2CCCCC2)n1. The van der Waals surface area contributed by atoms with Gasteiger partial charge in [0, 0.05) is 51.3 Å². The number of aryl methyl sites for hydroxylation is 1. The Kier molecular flexibility index (Phi) is 7.28. The quantitative estimate of drug-likeness (QED) is 0.628. The van der Waals surface area contributed by atoms with Gasteiger partial charge in [-0.3, -0.25) is 4.79 Å². The lowest BCUT2D eigenvalue weighted by Gasteiger charge is -2.29. The van der Waals surface area contributed by atoms with Gasteiger partial charge in [-0.15, -0.1) is 0 Å². The zero-order valence-electron chi connectivity index (χ0n) is 17.4. The molecule has 0 saturated carbocycles. The van der Waals surface area contributed by atoms with Gasteiger partial charge in [-0.05, 0) is 39.0 Å². The molecule has 2 aliphatic heterocycles. The summed E-state index contributed by atoms with van der Waals surface area (Å²) < 4.78 is 24.6. The van der Waals surface area contributed by atoms with E-state index in [1.807, 2.05) is 13.0 Å². The molecule has 162 valence electrons. The van der Waals surface area contributed by atoms with E-state index in [1.54, 1.807) is 0 Å². The third kappa shape index (κ3) is 6.27. The minimum absolute atomic E-state index is 0.00664. The number of aromatic nitrogens is 2. The first-order valence-corrected chi connectivity index (χ1v) is 12.2. The Balaban J connectivity index is 1.42. The van der Waals surface area contributed by atoms with Crippen LogP contribution in [0.25, 0.3) is 0 Å². The third-order valence-corrected chi connectivity index (χ3v) is 6.83. The molecule has 29 heavy (non-hydrogen) atoms. The van der Waals surface area contributed by atoms with Gasteiger partial charge in [0.25, 0.3) is 0 Å². The van der Waals surface area contributed by atoms with E-state index < -0.39 is 10.0 Å². The van der Waals surface area contributed by atoms with Gasteiger partial charge in [0.2, 0.25) is 15.9 Å². The van der Waals surface area contributed by atoms with Crippen LogP contribution in [0.15, 0.2) is 6.07 Å². The van der Waals surface area contributed by atoms with Crippen molar-refractivity contribution in [1.29, 1.82) is 0 Å². The van der Waals surface area contributed by atoms with E-state index in [2.05, 4.69) is 25.5 Å². The topological polar surface area (TPSA) is 108 Å². The molecular weight excluding hydrogens is 392 g/mol. The van der Waals surface area contributed by atoms with Gasteiger partial charge in [-0.2, -0.15) is 0 Å². The first-order valence-electron chi connectivity index (χ1n) is 10.4. The van der Waals surface area contributed by atoms with Crippen LogP contribution in [0.5, 0.6) is 0 Å². The van der Waals surface area contributed by atoms with Crippen LogP contribution in [0.3, 0.4) is 0 Å². The van der Waals surface area contributed by atoms with E-state index in [9.17, 15) is 13.2 Å². The van der Waals surface area contributed by atoms with Gasteiger partial charge in [-0.25, -0.2) is 22.7 Å². The molecule has 2 fully saturated rings. The largest absolute Gasteiger partial charge is 0.368 e. The van der Waals surface area contributed by atoms with E-state index in [4.69, 9.17) is 0 Å². The molecule has 2 N–H and O–H groups in total. The Morgan fingerprint density at radius 1 is 1.10 bits per heavy atom. The zero-order valence-corrected chi connectivity index (χ0v) is 18.2. The van der Waals surface area contributed by atoms with Crippen molar-refractivity contribution in [3.63, 3.8) is 0 Å². The molecule has 1 amide bonds. The second-order valence-electron chi connectivity index (χ2n) is 7.86. The fourth-order valence-corrected chi connectivity index (χ4v) is 4.77. The summed E-state index contributed by atoms with van der Waals surface area (Å²) in [6.45, 7) is 5.85. The average molecular weight is 425 g/mol. The maximum Gasteiger partial charge on any atom is 0.223 e. The molecule has 3 rings (SSSR count). The van der Waals surface area contributed by atoms with Crippen LogP contribution < -0.4 is 15.5 Å². The van der Waals surface area contributed by atoms with Crippen molar-refractivity contribution in [3.05, 3.63) is 11.9 Å². The molecular formula is C19H32N6O3S. The van der Waals surface area contributed by atoms with Crippen LogP contribution >= 0.6 is 0 Å². The van der Waals surface area contributed by atoms with Crippen molar-refractivity contribution in [2.45, 2.75) is 39.0 Å². The van der Waals surface area contributed by atoms with E-state index in [0.29, 0.717) is 39.0 Å². The van der Waals surface area contributed by atoms with Gasteiger partial charge in [0.1, 0.15) is 17.5 Å². The summed E-state index contributed by atoms with van der Waals surface area (Å²) in [5, 5.41) is 6.22. The highest BCUT2D eigenvalue weighted by atomic mass is 32.2. The number of nitrogens with one attached hydrogen (secondary N) is 2. The van der Waals surface area contributed by atoms with Gasteiger partial charge in [0.15, 0.2) is 0 Å². The number of carbonyl (C=O) groups excluding carboxylic acids is 1. The molecule has 0 aromatic carbocycles. The predicted molar refractivity (Wildman–Crippen MR) is 113 cm³/mol. The molecule has 3 heterocycles. The van der Waals surface area contributed by atoms with Crippen molar-refractivity contribution >= 4 is 27.6 Å². The van der Waals surface area contributed by atoms with E-state index in [-0.39, 0.29) is 11.8 Å². The monoisotopic (exact) mass is 424 g/mol. The Hall–Kier alpha value is -1.94. The van der Waals surface area contributed by atoms with Crippen molar-refractivity contribution in [3.8, 4) is 0 Å².